The number of nitrogens with one attached hydrogen (secondary N) is 1. The summed E-state index contributed by atoms with van der Waals surface area (Å²) >= 11 is 3.36. The molecule has 7 heteroatoms. The number of fused-ring (bicyclic) bond motifs is 1. The Bertz CT molecular complexity index is 1120. The van der Waals surface area contributed by atoms with Gasteiger partial charge in [0.2, 0.25) is 0 Å². The summed E-state index contributed by atoms with van der Waals surface area (Å²) in [5.41, 5.74) is 2.04. The van der Waals surface area contributed by atoms with Gasteiger partial charge in [-0.15, -0.1) is 0 Å². The van der Waals surface area contributed by atoms with Gasteiger partial charge in [0.15, 0.2) is 0 Å². The number of halogens is 1. The van der Waals surface area contributed by atoms with Gasteiger partial charge in [-0.3, -0.25) is 14.4 Å². The van der Waals surface area contributed by atoms with Crippen molar-refractivity contribution in [2.24, 2.45) is 0 Å². The van der Waals surface area contributed by atoms with Crippen LogP contribution < -0.4 is 15.0 Å². The summed E-state index contributed by atoms with van der Waals surface area (Å²) in [5.74, 6) is -0.469. The van der Waals surface area contributed by atoms with Gasteiger partial charge in [-0.05, 0) is 64.5 Å². The second kappa shape index (κ2) is 7.52. The van der Waals surface area contributed by atoms with Crippen molar-refractivity contribution >= 4 is 45.0 Å². The molecule has 29 heavy (non-hydrogen) atoms. The van der Waals surface area contributed by atoms with Gasteiger partial charge in [-0.25, -0.2) is 4.90 Å². The quantitative estimate of drug-likeness (QED) is 0.593. The highest BCUT2D eigenvalue weighted by atomic mass is 79.9. The molecule has 4 rings (SSSR count). The van der Waals surface area contributed by atoms with E-state index in [4.69, 9.17) is 4.74 Å². The van der Waals surface area contributed by atoms with Crippen LogP contribution in [0.15, 0.2) is 71.2 Å². The third-order valence-corrected chi connectivity index (χ3v) is 5.19. The first-order chi connectivity index (χ1) is 14.0. The van der Waals surface area contributed by atoms with Crippen molar-refractivity contribution in [1.29, 1.82) is 0 Å². The number of ether oxygens (including phenoxy) is 1. The molecule has 3 amide bonds. The number of anilines is 2. The summed E-state index contributed by atoms with van der Waals surface area (Å²) in [6, 6.07) is 18.3. The molecule has 1 heterocycles. The van der Waals surface area contributed by atoms with Gasteiger partial charge in [-0.1, -0.05) is 18.2 Å². The highest BCUT2D eigenvalue weighted by Crippen LogP contribution is 2.30. The lowest BCUT2D eigenvalue weighted by molar-refractivity contribution is 0.0925. The third-order valence-electron chi connectivity index (χ3n) is 4.57. The molecule has 1 aliphatic heterocycles. The van der Waals surface area contributed by atoms with Crippen LogP contribution >= 0.6 is 15.9 Å². The smallest absolute Gasteiger partial charge is 0.266 e. The number of imide groups is 1. The van der Waals surface area contributed by atoms with E-state index < -0.39 is 0 Å². The van der Waals surface area contributed by atoms with E-state index in [1.807, 2.05) is 0 Å². The van der Waals surface area contributed by atoms with Crippen LogP contribution in [-0.2, 0) is 0 Å². The Hall–Kier alpha value is -3.45. The zero-order chi connectivity index (χ0) is 20.5. The van der Waals surface area contributed by atoms with Crippen LogP contribution in [0.1, 0.15) is 31.1 Å². The predicted octanol–water partition coefficient (Wildman–Crippen LogP) is 4.51. The maximum absolute atomic E-state index is 12.7. The molecule has 0 radical (unpaired) electrons. The molecule has 3 aromatic carbocycles. The molecular formula is C22H15BrN2O4. The maximum Gasteiger partial charge on any atom is 0.266 e. The number of amides is 3. The van der Waals surface area contributed by atoms with Crippen molar-refractivity contribution in [3.8, 4) is 5.75 Å². The molecule has 0 unspecified atom stereocenters. The second-order valence-corrected chi connectivity index (χ2v) is 7.20. The lowest BCUT2D eigenvalue weighted by Gasteiger charge is -2.15. The fraction of sp³-hybridized carbons (Fsp3) is 0.0455. The number of benzene rings is 3. The summed E-state index contributed by atoms with van der Waals surface area (Å²) in [6.07, 6.45) is 0. The summed E-state index contributed by atoms with van der Waals surface area (Å²) in [5, 5.41) is 2.79. The zero-order valence-corrected chi connectivity index (χ0v) is 16.9. The zero-order valence-electron chi connectivity index (χ0n) is 15.3. The van der Waals surface area contributed by atoms with E-state index in [1.165, 1.54) is 0 Å². The van der Waals surface area contributed by atoms with E-state index in [0.29, 0.717) is 38.3 Å². The van der Waals surface area contributed by atoms with Crippen molar-refractivity contribution in [2.75, 3.05) is 17.3 Å². The average Bonchev–Trinajstić information content (AvgIpc) is 2.99. The number of hydrogen-bond donors (Lipinski definition) is 1. The summed E-state index contributed by atoms with van der Waals surface area (Å²) in [7, 11) is 1.55. The summed E-state index contributed by atoms with van der Waals surface area (Å²) < 4.78 is 5.83. The Morgan fingerprint density at radius 1 is 0.931 bits per heavy atom. The number of carbonyl (C=O) groups is 3. The molecule has 0 atom stereocenters. The lowest BCUT2D eigenvalue weighted by Crippen LogP contribution is -2.29. The first-order valence-corrected chi connectivity index (χ1v) is 9.51. The van der Waals surface area contributed by atoms with E-state index in [9.17, 15) is 14.4 Å². The number of methoxy groups -OCH3 is 1. The van der Waals surface area contributed by atoms with Crippen molar-refractivity contribution in [3.05, 3.63) is 87.9 Å². The molecule has 0 bridgehead atoms. The normalized spacial score (nSPS) is 12.7. The van der Waals surface area contributed by atoms with E-state index in [2.05, 4.69) is 21.2 Å². The number of hydrogen-bond acceptors (Lipinski definition) is 4. The number of rotatable bonds is 4. The Kier molecular flexibility index (Phi) is 4.90. The Balaban J connectivity index is 1.59. The van der Waals surface area contributed by atoms with E-state index >= 15 is 0 Å². The average molecular weight is 451 g/mol. The van der Waals surface area contributed by atoms with E-state index in [0.717, 1.165) is 4.90 Å². The Labute approximate surface area is 175 Å². The molecular weight excluding hydrogens is 436 g/mol. The van der Waals surface area contributed by atoms with Crippen LogP contribution in [0.5, 0.6) is 5.75 Å². The topological polar surface area (TPSA) is 75.7 Å². The van der Waals surface area contributed by atoms with Gasteiger partial charge in [0, 0.05) is 11.3 Å². The minimum atomic E-state index is -0.381. The van der Waals surface area contributed by atoms with Gasteiger partial charge >= 0.3 is 0 Å². The Morgan fingerprint density at radius 2 is 1.62 bits per heavy atom. The van der Waals surface area contributed by atoms with Crippen LogP contribution in [-0.4, -0.2) is 24.8 Å². The molecule has 144 valence electrons. The van der Waals surface area contributed by atoms with Gasteiger partial charge in [0.25, 0.3) is 17.7 Å². The van der Waals surface area contributed by atoms with Crippen molar-refractivity contribution in [2.45, 2.75) is 0 Å². The highest BCUT2D eigenvalue weighted by Gasteiger charge is 2.36. The first-order valence-electron chi connectivity index (χ1n) is 8.72. The molecule has 6 nitrogen and oxygen atoms in total. The van der Waals surface area contributed by atoms with E-state index in [-0.39, 0.29) is 17.7 Å². The van der Waals surface area contributed by atoms with Crippen LogP contribution in [0.3, 0.4) is 0 Å². The number of carbonyl (C=O) groups excluding carboxylic acids is 3. The molecule has 1 N–H and O–H groups in total. The SMILES string of the molecule is COc1ccc(C(=O)Nc2cccc(N3C(=O)c4ccccc4C3=O)c2)cc1Br. The van der Waals surface area contributed by atoms with Gasteiger partial charge in [0.05, 0.1) is 28.4 Å². The molecule has 1 aliphatic rings. The molecule has 0 spiro atoms. The number of nitrogens with zero attached hydrogens (tertiary/aromatic N) is 1. The van der Waals surface area contributed by atoms with Crippen LogP contribution in [0.25, 0.3) is 0 Å². The van der Waals surface area contributed by atoms with Gasteiger partial charge in [0.1, 0.15) is 5.75 Å². The largest absolute Gasteiger partial charge is 0.496 e. The Morgan fingerprint density at radius 3 is 2.24 bits per heavy atom. The van der Waals surface area contributed by atoms with Crippen LogP contribution in [0.2, 0.25) is 0 Å². The molecule has 0 saturated heterocycles. The maximum atomic E-state index is 12.7. The van der Waals surface area contributed by atoms with Gasteiger partial charge in [-0.2, -0.15) is 0 Å². The molecule has 0 saturated carbocycles. The minimum Gasteiger partial charge on any atom is -0.496 e. The summed E-state index contributed by atoms with van der Waals surface area (Å²) in [6.45, 7) is 0. The monoisotopic (exact) mass is 450 g/mol. The van der Waals surface area contributed by atoms with Crippen molar-refractivity contribution in [3.63, 3.8) is 0 Å². The van der Waals surface area contributed by atoms with Crippen molar-refractivity contribution < 1.29 is 19.1 Å². The molecule has 3 aromatic rings. The van der Waals surface area contributed by atoms with Crippen LogP contribution in [0.4, 0.5) is 11.4 Å². The predicted molar refractivity (Wildman–Crippen MR) is 113 cm³/mol. The fourth-order valence-electron chi connectivity index (χ4n) is 3.16. The second-order valence-electron chi connectivity index (χ2n) is 6.35. The molecule has 0 fully saturated rings. The highest BCUT2D eigenvalue weighted by molar-refractivity contribution is 9.10. The lowest BCUT2D eigenvalue weighted by atomic mass is 10.1. The third kappa shape index (κ3) is 3.40. The van der Waals surface area contributed by atoms with Gasteiger partial charge < -0.3 is 10.1 Å². The van der Waals surface area contributed by atoms with Crippen LogP contribution in [0, 0.1) is 0 Å². The molecule has 0 aliphatic carbocycles. The minimum absolute atomic E-state index is 0.326. The first kappa shape index (κ1) is 18.9. The van der Waals surface area contributed by atoms with Crippen molar-refractivity contribution in [1.82, 2.24) is 0 Å². The molecule has 0 aromatic heterocycles. The van der Waals surface area contributed by atoms with E-state index in [1.54, 1.807) is 73.8 Å². The standard InChI is InChI=1S/C22H15BrN2O4/c1-29-19-10-9-13(11-18(19)23)20(26)24-14-5-4-6-15(12-14)25-21(27)16-7-2-3-8-17(16)22(25)28/h2-12H,1H3,(H,24,26). The summed E-state index contributed by atoms with van der Waals surface area (Å²) in [4.78, 5) is 39.0. The fourth-order valence-corrected chi connectivity index (χ4v) is 3.70.